The molecule has 1 fully saturated rings. The van der Waals surface area contributed by atoms with Crippen LogP contribution >= 0.6 is 22.9 Å². The fourth-order valence-corrected chi connectivity index (χ4v) is 6.31. The largest absolute Gasteiger partial charge is 0.330 e. The molecule has 0 spiro atoms. The van der Waals surface area contributed by atoms with Crippen molar-refractivity contribution in [2.75, 3.05) is 13.1 Å². The summed E-state index contributed by atoms with van der Waals surface area (Å²) >= 11 is 6.99. The van der Waals surface area contributed by atoms with E-state index in [0.717, 1.165) is 37.0 Å². The van der Waals surface area contributed by atoms with Gasteiger partial charge in [-0.05, 0) is 37.4 Å². The molecule has 1 saturated carbocycles. The maximum atomic E-state index is 12.8. The second-order valence-corrected chi connectivity index (χ2v) is 8.95. The van der Waals surface area contributed by atoms with Gasteiger partial charge in [0, 0.05) is 12.6 Å². The van der Waals surface area contributed by atoms with Gasteiger partial charge in [-0.3, -0.25) is 0 Å². The number of halogens is 1. The Kier molecular flexibility index (Phi) is 5.48. The molecule has 0 saturated heterocycles. The van der Waals surface area contributed by atoms with E-state index in [9.17, 15) is 8.42 Å². The molecule has 1 aliphatic rings. The Morgan fingerprint density at radius 2 is 2.10 bits per heavy atom. The smallest absolute Gasteiger partial charge is 0.252 e. The van der Waals surface area contributed by atoms with Gasteiger partial charge in [0.25, 0.3) is 10.0 Å². The van der Waals surface area contributed by atoms with Crippen molar-refractivity contribution < 1.29 is 8.42 Å². The molecule has 0 aliphatic heterocycles. The third kappa shape index (κ3) is 3.20. The summed E-state index contributed by atoms with van der Waals surface area (Å²) in [7, 11) is -3.46. The van der Waals surface area contributed by atoms with Gasteiger partial charge >= 0.3 is 0 Å². The monoisotopic (exact) mass is 336 g/mol. The summed E-state index contributed by atoms with van der Waals surface area (Å²) in [5.74, 6) is 0.258. The van der Waals surface area contributed by atoms with Crippen LogP contribution in [0.1, 0.15) is 32.6 Å². The zero-order chi connectivity index (χ0) is 14.8. The maximum Gasteiger partial charge on any atom is 0.252 e. The third-order valence-corrected chi connectivity index (χ3v) is 7.66. The van der Waals surface area contributed by atoms with Crippen molar-refractivity contribution in [3.63, 3.8) is 0 Å². The number of sulfonamides is 1. The van der Waals surface area contributed by atoms with Crippen LogP contribution in [-0.4, -0.2) is 31.9 Å². The van der Waals surface area contributed by atoms with E-state index in [2.05, 4.69) is 0 Å². The average molecular weight is 337 g/mol. The van der Waals surface area contributed by atoms with Gasteiger partial charge in [0.05, 0.1) is 4.34 Å². The normalized spacial score (nSPS) is 24.2. The molecule has 0 bridgehead atoms. The van der Waals surface area contributed by atoms with Gasteiger partial charge in [-0.2, -0.15) is 4.31 Å². The Hall–Kier alpha value is -0.140. The van der Waals surface area contributed by atoms with Gasteiger partial charge in [0.1, 0.15) is 4.21 Å². The first-order valence-electron chi connectivity index (χ1n) is 6.98. The van der Waals surface area contributed by atoms with E-state index in [-0.39, 0.29) is 12.0 Å². The Morgan fingerprint density at radius 1 is 1.40 bits per heavy atom. The van der Waals surface area contributed by atoms with Gasteiger partial charge < -0.3 is 5.73 Å². The molecule has 7 heteroatoms. The zero-order valence-corrected chi connectivity index (χ0v) is 14.0. The summed E-state index contributed by atoms with van der Waals surface area (Å²) < 4.78 is 28.0. The van der Waals surface area contributed by atoms with Gasteiger partial charge in [-0.15, -0.1) is 11.3 Å². The van der Waals surface area contributed by atoms with Crippen molar-refractivity contribution in [3.05, 3.63) is 16.5 Å². The number of rotatable bonds is 5. The predicted molar refractivity (Wildman–Crippen MR) is 83.7 cm³/mol. The lowest BCUT2D eigenvalue weighted by molar-refractivity contribution is 0.188. The van der Waals surface area contributed by atoms with E-state index in [1.165, 1.54) is 0 Å². The summed E-state index contributed by atoms with van der Waals surface area (Å²) in [5, 5.41) is 0. The summed E-state index contributed by atoms with van der Waals surface area (Å²) in [5.41, 5.74) is 5.83. The third-order valence-electron chi connectivity index (χ3n) is 3.96. The van der Waals surface area contributed by atoms with Gasteiger partial charge in [0.15, 0.2) is 0 Å². The van der Waals surface area contributed by atoms with Crippen LogP contribution in [0.25, 0.3) is 0 Å². The maximum absolute atomic E-state index is 12.8. The van der Waals surface area contributed by atoms with E-state index in [0.29, 0.717) is 21.6 Å². The summed E-state index contributed by atoms with van der Waals surface area (Å²) in [4.78, 5) is 0. The highest BCUT2D eigenvalue weighted by Crippen LogP contribution is 2.34. The molecule has 0 radical (unpaired) electrons. The fraction of sp³-hybridized carbons (Fsp3) is 0.692. The lowest BCUT2D eigenvalue weighted by Gasteiger charge is -2.38. The topological polar surface area (TPSA) is 63.4 Å². The minimum absolute atomic E-state index is 0.0182. The Bertz CT molecular complexity index is 544. The Morgan fingerprint density at radius 3 is 2.65 bits per heavy atom. The van der Waals surface area contributed by atoms with E-state index in [1.807, 2.05) is 6.92 Å². The van der Waals surface area contributed by atoms with Crippen molar-refractivity contribution in [1.29, 1.82) is 0 Å². The van der Waals surface area contributed by atoms with Crippen molar-refractivity contribution in [3.8, 4) is 0 Å². The molecule has 0 amide bonds. The van der Waals surface area contributed by atoms with Crippen molar-refractivity contribution in [2.45, 2.75) is 42.9 Å². The molecule has 1 heterocycles. The molecule has 0 aromatic carbocycles. The standard InChI is InChI=1S/C13H21ClN2O2S2/c1-2-16(11-6-4-3-5-10(11)9-15)20(17,18)13-8-7-12(14)19-13/h7-8,10-11H,2-6,9,15H2,1H3. The molecule has 1 aromatic heterocycles. The second kappa shape index (κ2) is 6.75. The summed E-state index contributed by atoms with van der Waals surface area (Å²) in [6.07, 6.45) is 4.12. The second-order valence-electron chi connectivity index (χ2n) is 5.11. The van der Waals surface area contributed by atoms with Crippen LogP contribution in [-0.2, 0) is 10.0 Å². The SMILES string of the molecule is CCN(C1CCCCC1CN)S(=O)(=O)c1ccc(Cl)s1. The molecule has 2 N–H and O–H groups in total. The Labute approximate surface area is 130 Å². The van der Waals surface area contributed by atoms with Crippen molar-refractivity contribution in [1.82, 2.24) is 4.31 Å². The number of hydrogen-bond acceptors (Lipinski definition) is 4. The highest BCUT2D eigenvalue weighted by molar-refractivity contribution is 7.91. The van der Waals surface area contributed by atoms with E-state index >= 15 is 0 Å². The fourth-order valence-electron chi connectivity index (χ4n) is 2.98. The molecular formula is C13H21ClN2O2S2. The van der Waals surface area contributed by atoms with Crippen LogP contribution in [0.2, 0.25) is 4.34 Å². The van der Waals surface area contributed by atoms with E-state index in [4.69, 9.17) is 17.3 Å². The van der Waals surface area contributed by atoms with Crippen LogP contribution in [0.3, 0.4) is 0 Å². The predicted octanol–water partition coefficient (Wildman–Crippen LogP) is 2.93. The lowest BCUT2D eigenvalue weighted by atomic mass is 9.84. The number of nitrogens with zero attached hydrogens (tertiary/aromatic N) is 1. The molecule has 4 nitrogen and oxygen atoms in total. The minimum Gasteiger partial charge on any atom is -0.330 e. The molecule has 1 aliphatic carbocycles. The summed E-state index contributed by atoms with van der Waals surface area (Å²) in [6, 6.07) is 3.24. The molecule has 2 rings (SSSR count). The van der Waals surface area contributed by atoms with Gasteiger partial charge in [0.2, 0.25) is 0 Å². The van der Waals surface area contributed by atoms with Gasteiger partial charge in [-0.25, -0.2) is 8.42 Å². The first-order chi connectivity index (χ1) is 9.50. The number of thiophene rings is 1. The van der Waals surface area contributed by atoms with Crippen LogP contribution in [0.4, 0.5) is 0 Å². The van der Waals surface area contributed by atoms with Crippen molar-refractivity contribution in [2.24, 2.45) is 11.7 Å². The molecular weight excluding hydrogens is 316 g/mol. The molecule has 114 valence electrons. The van der Waals surface area contributed by atoms with Gasteiger partial charge in [-0.1, -0.05) is 31.4 Å². The first kappa shape index (κ1) is 16.2. The highest BCUT2D eigenvalue weighted by atomic mass is 35.5. The zero-order valence-electron chi connectivity index (χ0n) is 11.6. The number of hydrogen-bond donors (Lipinski definition) is 1. The van der Waals surface area contributed by atoms with E-state index in [1.54, 1.807) is 16.4 Å². The Balaban J connectivity index is 2.31. The molecule has 20 heavy (non-hydrogen) atoms. The first-order valence-corrected chi connectivity index (χ1v) is 9.61. The van der Waals surface area contributed by atoms with Crippen molar-refractivity contribution >= 4 is 33.0 Å². The summed E-state index contributed by atoms with van der Waals surface area (Å²) in [6.45, 7) is 2.90. The van der Waals surface area contributed by atoms with Crippen LogP contribution in [0.15, 0.2) is 16.3 Å². The highest BCUT2D eigenvalue weighted by Gasteiger charge is 2.36. The van der Waals surface area contributed by atoms with E-state index < -0.39 is 10.0 Å². The number of nitrogens with two attached hydrogens (primary N) is 1. The average Bonchev–Trinajstić information content (AvgIpc) is 2.87. The van der Waals surface area contributed by atoms with Crippen LogP contribution < -0.4 is 5.73 Å². The molecule has 1 aromatic rings. The minimum atomic E-state index is -3.46. The van der Waals surface area contributed by atoms with Crippen LogP contribution in [0.5, 0.6) is 0 Å². The molecule has 2 unspecified atom stereocenters. The molecule has 2 atom stereocenters. The quantitative estimate of drug-likeness (QED) is 0.899. The lowest BCUT2D eigenvalue weighted by Crippen LogP contribution is -2.47. The van der Waals surface area contributed by atoms with Crippen LogP contribution in [0, 0.1) is 5.92 Å².